The number of rotatable bonds is 1. The lowest BCUT2D eigenvalue weighted by atomic mass is 10.1. The molecule has 2 aliphatic rings. The minimum Gasteiger partial charge on any atom is -0.428 e. The van der Waals surface area contributed by atoms with E-state index in [1.54, 1.807) is 0 Å². The van der Waals surface area contributed by atoms with Crippen molar-refractivity contribution in [2.45, 2.75) is 31.0 Å². The molecular weight excluding hydrogens is 192 g/mol. The summed E-state index contributed by atoms with van der Waals surface area (Å²) in [6.45, 7) is 1.11. The number of hydrogen-bond donors (Lipinski definition) is 2. The smallest absolute Gasteiger partial charge is 0.305 e. The molecule has 2 N–H and O–H groups in total. The lowest BCUT2D eigenvalue weighted by molar-refractivity contribution is -0.236. The first-order valence-corrected chi connectivity index (χ1v) is 4.36. The third-order valence-electron chi connectivity index (χ3n) is 2.37. The van der Waals surface area contributed by atoms with Crippen molar-refractivity contribution in [2.24, 2.45) is 0 Å². The Hall–Kier alpha value is -0.690. The number of hydrogen-bond acceptors (Lipinski definition) is 6. The fourth-order valence-corrected chi connectivity index (χ4v) is 1.81. The minimum absolute atomic E-state index is 0.0823. The van der Waals surface area contributed by atoms with Crippen LogP contribution in [0.2, 0.25) is 0 Å². The Morgan fingerprint density at radius 1 is 1.57 bits per heavy atom. The van der Waals surface area contributed by atoms with Crippen molar-refractivity contribution in [3.05, 3.63) is 0 Å². The summed E-state index contributed by atoms with van der Waals surface area (Å²) in [5, 5.41) is 19.2. The first-order chi connectivity index (χ1) is 6.53. The van der Waals surface area contributed by atoms with E-state index in [1.807, 2.05) is 0 Å². The third-order valence-corrected chi connectivity index (χ3v) is 2.37. The molecule has 4 atom stereocenters. The number of ether oxygens (including phenoxy) is 3. The largest absolute Gasteiger partial charge is 0.428 e. The number of carbonyl (C=O) groups is 1. The highest BCUT2D eigenvalue weighted by Crippen LogP contribution is 2.34. The van der Waals surface area contributed by atoms with Crippen LogP contribution in [0.1, 0.15) is 6.92 Å². The van der Waals surface area contributed by atoms with Gasteiger partial charge >= 0.3 is 5.97 Å². The molecule has 6 heteroatoms. The van der Waals surface area contributed by atoms with Crippen LogP contribution < -0.4 is 0 Å². The van der Waals surface area contributed by atoms with Crippen LogP contribution in [0.5, 0.6) is 0 Å². The molecule has 2 aliphatic heterocycles. The van der Waals surface area contributed by atoms with Crippen LogP contribution in [-0.4, -0.2) is 53.5 Å². The molecule has 6 nitrogen and oxygen atoms in total. The van der Waals surface area contributed by atoms with Crippen molar-refractivity contribution >= 4 is 5.97 Å². The van der Waals surface area contributed by atoms with Gasteiger partial charge in [0.05, 0.1) is 6.61 Å². The van der Waals surface area contributed by atoms with Gasteiger partial charge in [-0.3, -0.25) is 4.79 Å². The second-order valence-electron chi connectivity index (χ2n) is 3.54. The Kier molecular flexibility index (Phi) is 2.23. The molecule has 2 saturated heterocycles. The van der Waals surface area contributed by atoms with E-state index in [9.17, 15) is 15.0 Å². The van der Waals surface area contributed by atoms with E-state index >= 15 is 0 Å². The lowest BCUT2D eigenvalue weighted by Gasteiger charge is -2.25. The summed E-state index contributed by atoms with van der Waals surface area (Å²) in [6, 6.07) is 0. The second kappa shape index (κ2) is 3.16. The van der Waals surface area contributed by atoms with E-state index in [2.05, 4.69) is 0 Å². The number of fused-ring (bicyclic) bond motifs is 1. The summed E-state index contributed by atoms with van der Waals surface area (Å²) in [5.41, 5.74) is 0. The molecule has 0 aromatic carbocycles. The Balaban J connectivity index is 2.11. The summed E-state index contributed by atoms with van der Waals surface area (Å²) in [7, 11) is 0. The first kappa shape index (κ1) is 9.85. The van der Waals surface area contributed by atoms with Gasteiger partial charge < -0.3 is 24.4 Å². The Morgan fingerprint density at radius 2 is 2.29 bits per heavy atom. The third kappa shape index (κ3) is 1.40. The molecule has 0 radical (unpaired) electrons. The number of aliphatic hydroxyl groups excluding tert-OH is 1. The van der Waals surface area contributed by atoms with E-state index in [4.69, 9.17) is 14.2 Å². The van der Waals surface area contributed by atoms with Gasteiger partial charge in [-0.05, 0) is 0 Å². The molecule has 0 unspecified atom stereocenters. The Bertz CT molecular complexity index is 254. The molecule has 2 heterocycles. The normalized spacial score (nSPS) is 46.4. The molecule has 0 aromatic rings. The van der Waals surface area contributed by atoms with E-state index in [0.29, 0.717) is 0 Å². The predicted molar refractivity (Wildman–Crippen MR) is 42.2 cm³/mol. The number of esters is 1. The van der Waals surface area contributed by atoms with Gasteiger partial charge in [0.2, 0.25) is 0 Å². The predicted octanol–water partition coefficient (Wildman–Crippen LogP) is -1.60. The van der Waals surface area contributed by atoms with Gasteiger partial charge in [0.15, 0.2) is 6.10 Å². The van der Waals surface area contributed by atoms with Crippen LogP contribution in [-0.2, 0) is 19.0 Å². The highest BCUT2D eigenvalue weighted by molar-refractivity contribution is 5.66. The fraction of sp³-hybridized carbons (Fsp3) is 0.875. The maximum absolute atomic E-state index is 10.7. The van der Waals surface area contributed by atoms with Crippen molar-refractivity contribution in [2.75, 3.05) is 13.2 Å². The van der Waals surface area contributed by atoms with Gasteiger partial charge in [-0.15, -0.1) is 0 Å². The van der Waals surface area contributed by atoms with Gasteiger partial charge in [0.25, 0.3) is 5.79 Å². The molecule has 2 fully saturated rings. The van der Waals surface area contributed by atoms with Gasteiger partial charge in [0.1, 0.15) is 18.8 Å². The van der Waals surface area contributed by atoms with Gasteiger partial charge in [-0.2, -0.15) is 0 Å². The van der Waals surface area contributed by atoms with Crippen LogP contribution >= 0.6 is 0 Å². The lowest BCUT2D eigenvalue weighted by Crippen LogP contribution is -2.47. The van der Waals surface area contributed by atoms with E-state index in [-0.39, 0.29) is 13.2 Å². The van der Waals surface area contributed by atoms with E-state index < -0.39 is 30.1 Å². The number of carbonyl (C=O) groups excluding carboxylic acids is 1. The van der Waals surface area contributed by atoms with Crippen molar-refractivity contribution in [1.82, 2.24) is 0 Å². The molecule has 0 aromatic heterocycles. The van der Waals surface area contributed by atoms with Crippen molar-refractivity contribution in [3.63, 3.8) is 0 Å². The summed E-state index contributed by atoms with van der Waals surface area (Å²) in [5.74, 6) is -2.37. The van der Waals surface area contributed by atoms with Crippen molar-refractivity contribution in [1.29, 1.82) is 0 Å². The van der Waals surface area contributed by atoms with E-state index in [0.717, 1.165) is 0 Å². The molecule has 0 spiro atoms. The van der Waals surface area contributed by atoms with Crippen molar-refractivity contribution < 1.29 is 29.2 Å². The average Bonchev–Trinajstić information content (AvgIpc) is 2.55. The summed E-state index contributed by atoms with van der Waals surface area (Å²) in [6.07, 6.45) is -2.18. The van der Waals surface area contributed by atoms with Crippen molar-refractivity contribution in [3.8, 4) is 0 Å². The molecule has 0 saturated carbocycles. The zero-order valence-corrected chi connectivity index (χ0v) is 7.67. The van der Waals surface area contributed by atoms with Crippen LogP contribution in [0.4, 0.5) is 0 Å². The van der Waals surface area contributed by atoms with Crippen LogP contribution in [0.3, 0.4) is 0 Å². The molecular formula is C8H12O6. The number of aliphatic hydroxyl groups is 2. The molecule has 0 bridgehead atoms. The molecule has 0 aliphatic carbocycles. The van der Waals surface area contributed by atoms with Gasteiger partial charge in [-0.25, -0.2) is 0 Å². The summed E-state index contributed by atoms with van der Waals surface area (Å²) in [4.78, 5) is 10.7. The van der Waals surface area contributed by atoms with E-state index in [1.165, 1.54) is 6.92 Å². The minimum atomic E-state index is -1.76. The summed E-state index contributed by atoms with van der Waals surface area (Å²) >= 11 is 0. The monoisotopic (exact) mass is 204 g/mol. The molecule has 80 valence electrons. The Morgan fingerprint density at radius 3 is 2.93 bits per heavy atom. The second-order valence-corrected chi connectivity index (χ2v) is 3.54. The Labute approximate surface area is 80.4 Å². The maximum Gasteiger partial charge on any atom is 0.305 e. The first-order valence-electron chi connectivity index (χ1n) is 4.36. The topological polar surface area (TPSA) is 85.2 Å². The van der Waals surface area contributed by atoms with Gasteiger partial charge in [-0.1, -0.05) is 0 Å². The highest BCUT2D eigenvalue weighted by Gasteiger charge is 2.58. The zero-order chi connectivity index (χ0) is 10.3. The van der Waals surface area contributed by atoms with Crippen LogP contribution in [0.15, 0.2) is 0 Å². The standard InChI is InChI=1S/C8H12O6/c1-4(9)14-8(11)3-13-6-5(10)2-12-7(6)8/h5-7,10-11H,2-3H2,1H3/t5-,6-,7+,8+/m1/s1. The highest BCUT2D eigenvalue weighted by atomic mass is 16.7. The molecule has 14 heavy (non-hydrogen) atoms. The van der Waals surface area contributed by atoms with Crippen LogP contribution in [0.25, 0.3) is 0 Å². The van der Waals surface area contributed by atoms with Crippen LogP contribution in [0, 0.1) is 0 Å². The fourth-order valence-electron chi connectivity index (χ4n) is 1.81. The molecule has 0 amide bonds. The maximum atomic E-state index is 10.7. The summed E-state index contributed by atoms with van der Waals surface area (Å²) < 4.78 is 14.9. The average molecular weight is 204 g/mol. The van der Waals surface area contributed by atoms with Gasteiger partial charge in [0, 0.05) is 6.92 Å². The zero-order valence-electron chi connectivity index (χ0n) is 7.67. The molecule has 2 rings (SSSR count). The SMILES string of the molecule is CC(=O)O[C@@]1(O)CO[C@@H]2[C@H](O)CO[C@@H]21. The quantitative estimate of drug-likeness (QED) is 0.395.